The van der Waals surface area contributed by atoms with Crippen LogP contribution in [0.5, 0.6) is 0 Å². The van der Waals surface area contributed by atoms with Gasteiger partial charge in [-0.2, -0.15) is 0 Å². The molecule has 1 aliphatic carbocycles. The maximum absolute atomic E-state index is 12.2. The van der Waals surface area contributed by atoms with Crippen molar-refractivity contribution < 1.29 is 14.3 Å². The van der Waals surface area contributed by atoms with Crippen LogP contribution in [0.15, 0.2) is 73.1 Å². The third-order valence-electron chi connectivity index (χ3n) is 4.42. The lowest BCUT2D eigenvalue weighted by molar-refractivity contribution is -0.00111. The van der Waals surface area contributed by atoms with Crippen LogP contribution in [0.1, 0.15) is 48.5 Å². The smallest absolute Gasteiger partial charge is 0.338 e. The number of rotatable bonds is 7. The summed E-state index contributed by atoms with van der Waals surface area (Å²) in [7, 11) is 0. The van der Waals surface area contributed by atoms with Crippen molar-refractivity contribution in [1.29, 1.82) is 0 Å². The molecule has 0 bridgehead atoms. The monoisotopic (exact) mass is 352 g/mol. The molecule has 26 heavy (non-hydrogen) atoms. The number of aryl methyl sites for hydroxylation is 1. The lowest BCUT2D eigenvalue weighted by Crippen LogP contribution is -2.28. The number of allylic oxidation sites excluding steroid dienone is 3. The highest BCUT2D eigenvalue weighted by Crippen LogP contribution is 2.27. The average Bonchev–Trinajstić information content (AvgIpc) is 2.61. The molecule has 1 aliphatic rings. The van der Waals surface area contributed by atoms with E-state index >= 15 is 0 Å². The Kier molecular flexibility index (Phi) is 7.02. The first-order valence-corrected chi connectivity index (χ1v) is 9.01. The Morgan fingerprint density at radius 2 is 1.50 bits per heavy atom. The van der Waals surface area contributed by atoms with Crippen LogP contribution in [0.2, 0.25) is 0 Å². The topological polar surface area (TPSA) is 35.5 Å². The Labute approximate surface area is 156 Å². The zero-order chi connectivity index (χ0) is 19.1. The lowest BCUT2D eigenvalue weighted by Gasteiger charge is -2.29. The summed E-state index contributed by atoms with van der Waals surface area (Å²) in [6, 6.07) is 7.45. The summed E-state index contributed by atoms with van der Waals surface area (Å²) in [5.41, 5.74) is 3.43. The van der Waals surface area contributed by atoms with Gasteiger partial charge in [-0.1, -0.05) is 55.2 Å². The van der Waals surface area contributed by atoms with Gasteiger partial charge in [-0.15, -0.1) is 0 Å². The molecule has 1 aromatic rings. The summed E-state index contributed by atoms with van der Waals surface area (Å²) >= 11 is 0. The number of esters is 1. The van der Waals surface area contributed by atoms with E-state index in [9.17, 15) is 4.79 Å². The molecule has 3 nitrogen and oxygen atoms in total. The lowest BCUT2D eigenvalue weighted by atomic mass is 9.94. The molecule has 3 heteroatoms. The first kappa shape index (κ1) is 19.8. The van der Waals surface area contributed by atoms with Crippen molar-refractivity contribution in [2.24, 2.45) is 0 Å². The molecule has 0 heterocycles. The van der Waals surface area contributed by atoms with Crippen LogP contribution in [0.4, 0.5) is 0 Å². The highest BCUT2D eigenvalue weighted by atomic mass is 16.5. The first-order chi connectivity index (χ1) is 12.3. The fourth-order valence-electron chi connectivity index (χ4n) is 2.79. The number of carbonyl (C=O) groups is 1. The van der Waals surface area contributed by atoms with Gasteiger partial charge in [-0.05, 0) is 51.7 Å². The third-order valence-corrected chi connectivity index (χ3v) is 4.42. The summed E-state index contributed by atoms with van der Waals surface area (Å²) in [5, 5.41) is 0. The fourth-order valence-corrected chi connectivity index (χ4v) is 2.79. The Bertz CT molecular complexity index is 701. The third kappa shape index (κ3) is 6.07. The maximum atomic E-state index is 12.2. The molecular formula is C23H28O3. The van der Waals surface area contributed by atoms with Gasteiger partial charge in [0.25, 0.3) is 0 Å². The molecule has 0 unspecified atom stereocenters. The molecule has 0 radical (unpaired) electrons. The van der Waals surface area contributed by atoms with Crippen molar-refractivity contribution in [1.82, 2.24) is 0 Å². The quantitative estimate of drug-likeness (QED) is 0.360. The van der Waals surface area contributed by atoms with Crippen LogP contribution < -0.4 is 0 Å². The zero-order valence-corrected chi connectivity index (χ0v) is 15.8. The largest absolute Gasteiger partial charge is 0.490 e. The molecule has 1 saturated carbocycles. The van der Waals surface area contributed by atoms with Crippen molar-refractivity contribution in [3.63, 3.8) is 0 Å². The van der Waals surface area contributed by atoms with E-state index < -0.39 is 0 Å². The van der Waals surface area contributed by atoms with Crippen molar-refractivity contribution in [2.45, 2.75) is 51.7 Å². The van der Waals surface area contributed by atoms with E-state index in [1.54, 1.807) is 12.1 Å². The second-order valence-electron chi connectivity index (χ2n) is 6.92. The van der Waals surface area contributed by atoms with Gasteiger partial charge in [0.2, 0.25) is 0 Å². The van der Waals surface area contributed by atoms with Crippen molar-refractivity contribution >= 4 is 5.97 Å². The number of hydrogen-bond acceptors (Lipinski definition) is 3. The molecule has 0 amide bonds. The minimum Gasteiger partial charge on any atom is -0.490 e. The normalized spacial score (nSPS) is 19.8. The number of hydrogen-bond donors (Lipinski definition) is 0. The van der Waals surface area contributed by atoms with Gasteiger partial charge in [0.05, 0.1) is 11.7 Å². The predicted octanol–water partition coefficient (Wildman–Crippen LogP) is 5.68. The second kappa shape index (κ2) is 9.23. The molecule has 0 saturated heterocycles. The number of ether oxygens (including phenoxy) is 2. The second-order valence-corrected chi connectivity index (χ2v) is 6.92. The Morgan fingerprint density at radius 3 is 2.04 bits per heavy atom. The molecule has 1 aromatic carbocycles. The summed E-state index contributed by atoms with van der Waals surface area (Å²) in [4.78, 5) is 12.2. The Balaban J connectivity index is 1.77. The fraction of sp³-hybridized carbons (Fsp3) is 0.348. The molecule has 138 valence electrons. The Morgan fingerprint density at radius 1 is 0.962 bits per heavy atom. The van der Waals surface area contributed by atoms with Gasteiger partial charge >= 0.3 is 5.97 Å². The predicted molar refractivity (Wildman–Crippen MR) is 106 cm³/mol. The van der Waals surface area contributed by atoms with Gasteiger partial charge < -0.3 is 9.47 Å². The van der Waals surface area contributed by atoms with Crippen molar-refractivity contribution in [3.05, 3.63) is 84.2 Å². The molecule has 0 N–H and O–H groups in total. The van der Waals surface area contributed by atoms with E-state index in [0.29, 0.717) is 11.3 Å². The van der Waals surface area contributed by atoms with Crippen molar-refractivity contribution in [3.8, 4) is 0 Å². The number of benzene rings is 1. The van der Waals surface area contributed by atoms with Gasteiger partial charge in [0.15, 0.2) is 0 Å². The minimum absolute atomic E-state index is 0.0524. The highest BCUT2D eigenvalue weighted by Gasteiger charge is 2.25. The summed E-state index contributed by atoms with van der Waals surface area (Å²) in [6.07, 6.45) is 7.05. The minimum atomic E-state index is -0.253. The van der Waals surface area contributed by atoms with E-state index in [1.165, 1.54) is 0 Å². The highest BCUT2D eigenvalue weighted by molar-refractivity contribution is 5.89. The first-order valence-electron chi connectivity index (χ1n) is 9.01. The van der Waals surface area contributed by atoms with Gasteiger partial charge in [0, 0.05) is 5.57 Å². The van der Waals surface area contributed by atoms with Crippen LogP contribution in [-0.4, -0.2) is 18.2 Å². The number of carbonyl (C=O) groups excluding carboxylic acids is 1. The molecule has 0 spiro atoms. The van der Waals surface area contributed by atoms with Crippen molar-refractivity contribution in [2.75, 3.05) is 0 Å². The summed E-state index contributed by atoms with van der Waals surface area (Å²) in [6.45, 7) is 15.7. The summed E-state index contributed by atoms with van der Waals surface area (Å²) < 4.78 is 11.5. The average molecular weight is 352 g/mol. The van der Waals surface area contributed by atoms with Crippen LogP contribution in [0, 0.1) is 6.92 Å². The van der Waals surface area contributed by atoms with E-state index in [0.717, 1.165) is 42.4 Å². The molecule has 0 aliphatic heterocycles. The molecule has 1 fully saturated rings. The van der Waals surface area contributed by atoms with E-state index in [-0.39, 0.29) is 18.2 Å². The standard InChI is InChI=1S/C23H28O3/c1-16(2)6-9-18(4)19(5)25-21-12-14-22(15-13-21)26-23(24)20-10-7-17(3)8-11-20/h6-11,21-22H,1,4-5,12-15H2,2-3H3/b9-6-. The van der Waals surface area contributed by atoms with E-state index in [1.807, 2.05) is 38.1 Å². The SMILES string of the molecule is C=C(C)/C=C\C(=C)C(=C)OC1CCC(OC(=O)c2ccc(C)cc2)CC1. The maximum Gasteiger partial charge on any atom is 0.338 e. The molecule has 0 atom stereocenters. The van der Waals surface area contributed by atoms with Gasteiger partial charge in [-0.25, -0.2) is 4.79 Å². The van der Waals surface area contributed by atoms with Crippen LogP contribution in [0.3, 0.4) is 0 Å². The van der Waals surface area contributed by atoms with Crippen LogP contribution in [-0.2, 0) is 9.47 Å². The van der Waals surface area contributed by atoms with E-state index in [4.69, 9.17) is 9.47 Å². The molecule has 2 rings (SSSR count). The van der Waals surface area contributed by atoms with Crippen LogP contribution in [0.25, 0.3) is 0 Å². The summed E-state index contributed by atoms with van der Waals surface area (Å²) in [5.74, 6) is 0.333. The van der Waals surface area contributed by atoms with E-state index in [2.05, 4.69) is 19.7 Å². The zero-order valence-electron chi connectivity index (χ0n) is 15.8. The van der Waals surface area contributed by atoms with Crippen LogP contribution >= 0.6 is 0 Å². The van der Waals surface area contributed by atoms with Gasteiger partial charge in [-0.3, -0.25) is 0 Å². The molecule has 0 aromatic heterocycles. The molecular weight excluding hydrogens is 324 g/mol. The Hall–Kier alpha value is -2.55. The van der Waals surface area contributed by atoms with Gasteiger partial charge in [0.1, 0.15) is 11.9 Å².